The zero-order valence-electron chi connectivity index (χ0n) is 13.1. The predicted molar refractivity (Wildman–Crippen MR) is 91.1 cm³/mol. The van der Waals surface area contributed by atoms with Gasteiger partial charge in [-0.05, 0) is 60.4 Å². The third kappa shape index (κ3) is 2.11. The van der Waals surface area contributed by atoms with Crippen molar-refractivity contribution in [1.29, 1.82) is 0 Å². The molecule has 1 aromatic carbocycles. The molecule has 4 rings (SSSR count). The Kier molecular flexibility index (Phi) is 3.28. The van der Waals surface area contributed by atoms with Crippen LogP contribution in [0.15, 0.2) is 18.2 Å². The first-order valence-electron chi connectivity index (χ1n) is 8.23. The van der Waals surface area contributed by atoms with Gasteiger partial charge in [-0.1, -0.05) is 19.9 Å². The monoisotopic (exact) mass is 339 g/mol. The van der Waals surface area contributed by atoms with Crippen molar-refractivity contribution in [1.82, 2.24) is 4.90 Å². The van der Waals surface area contributed by atoms with Crippen LogP contribution in [0.2, 0.25) is 0 Å². The van der Waals surface area contributed by atoms with Gasteiger partial charge in [-0.3, -0.25) is 4.90 Å². The van der Waals surface area contributed by atoms with E-state index in [2.05, 4.69) is 24.8 Å². The largest absolute Gasteiger partial charge is 0.508 e. The lowest BCUT2D eigenvalue weighted by atomic mass is 9.59. The highest BCUT2D eigenvalue weighted by molar-refractivity contribution is 6.37. The van der Waals surface area contributed by atoms with E-state index >= 15 is 0 Å². The number of hydrogen-bond donors (Lipinski definition) is 1. The predicted octanol–water partition coefficient (Wildman–Crippen LogP) is 3.91. The molecule has 1 N–H and O–H groups in total. The topological polar surface area (TPSA) is 23.5 Å². The third-order valence-electron chi connectivity index (χ3n) is 6.49. The summed E-state index contributed by atoms with van der Waals surface area (Å²) in [6.45, 7) is 6.69. The summed E-state index contributed by atoms with van der Waals surface area (Å²) in [5, 5.41) is 10.0. The standard InChI is InChI=1S/C18H23Cl2NO/c1-11-15-7-12-3-4-13(22)8-14(12)17(11,2)5-6-21(15)10-18(20)9-16(18)19/h3-4,8,11,15-16,22H,5-7,9-10H2,1-2H3/t11?,15?,16-,17?,18+/m0/s1. The second-order valence-electron chi connectivity index (χ2n) is 7.75. The summed E-state index contributed by atoms with van der Waals surface area (Å²) in [7, 11) is 0. The molecule has 1 heterocycles. The highest BCUT2D eigenvalue weighted by atomic mass is 35.5. The minimum absolute atomic E-state index is 0.130. The number of rotatable bonds is 2. The zero-order valence-corrected chi connectivity index (χ0v) is 14.7. The molecule has 1 saturated carbocycles. The van der Waals surface area contributed by atoms with Gasteiger partial charge in [0.1, 0.15) is 5.75 Å². The molecule has 0 amide bonds. The average molecular weight is 340 g/mol. The molecule has 0 radical (unpaired) electrons. The van der Waals surface area contributed by atoms with Gasteiger partial charge in [0.05, 0.1) is 10.3 Å². The number of nitrogens with zero attached hydrogens (tertiary/aromatic N) is 1. The van der Waals surface area contributed by atoms with Gasteiger partial charge in [0.25, 0.3) is 0 Å². The van der Waals surface area contributed by atoms with Gasteiger partial charge in [-0.25, -0.2) is 0 Å². The van der Waals surface area contributed by atoms with Crippen molar-refractivity contribution < 1.29 is 5.11 Å². The van der Waals surface area contributed by atoms with E-state index in [0.717, 1.165) is 32.4 Å². The van der Waals surface area contributed by atoms with Crippen LogP contribution in [0.25, 0.3) is 0 Å². The number of likely N-dealkylation sites (tertiary alicyclic amines) is 1. The molecule has 2 nitrogen and oxygen atoms in total. The van der Waals surface area contributed by atoms with Crippen LogP contribution in [0.3, 0.4) is 0 Å². The van der Waals surface area contributed by atoms with E-state index in [-0.39, 0.29) is 15.7 Å². The maximum atomic E-state index is 9.89. The molecule has 3 unspecified atom stereocenters. The van der Waals surface area contributed by atoms with Crippen molar-refractivity contribution in [3.8, 4) is 5.75 Å². The first kappa shape index (κ1) is 15.1. The molecule has 1 aromatic rings. The third-order valence-corrected chi connectivity index (χ3v) is 7.71. The van der Waals surface area contributed by atoms with Gasteiger partial charge in [0, 0.05) is 12.6 Å². The summed E-state index contributed by atoms with van der Waals surface area (Å²) in [5.74, 6) is 0.944. The van der Waals surface area contributed by atoms with Crippen molar-refractivity contribution >= 4 is 23.2 Å². The van der Waals surface area contributed by atoms with Gasteiger partial charge in [-0.15, -0.1) is 23.2 Å². The van der Waals surface area contributed by atoms with Crippen LogP contribution in [0.4, 0.5) is 0 Å². The lowest BCUT2D eigenvalue weighted by Gasteiger charge is -2.55. The summed E-state index contributed by atoms with van der Waals surface area (Å²) in [5.41, 5.74) is 2.88. The Labute approximate surface area is 142 Å². The Bertz CT molecular complexity index is 621. The van der Waals surface area contributed by atoms with Crippen molar-refractivity contribution in [3.05, 3.63) is 29.3 Å². The maximum Gasteiger partial charge on any atom is 0.115 e. The SMILES string of the molecule is CC1C2Cc3ccc(O)cc3C1(C)CCN2C[C@]1(Cl)C[C@@H]1Cl. The molecule has 120 valence electrons. The molecule has 1 aliphatic heterocycles. The molecule has 2 fully saturated rings. The summed E-state index contributed by atoms with van der Waals surface area (Å²) >= 11 is 12.8. The number of fused-ring (bicyclic) bond motifs is 4. The number of alkyl halides is 2. The number of piperidine rings is 1. The first-order valence-corrected chi connectivity index (χ1v) is 9.04. The fourth-order valence-corrected chi connectivity index (χ4v) is 5.36. The van der Waals surface area contributed by atoms with Crippen molar-refractivity contribution in [2.24, 2.45) is 5.92 Å². The molecule has 1 saturated heterocycles. The van der Waals surface area contributed by atoms with E-state index in [1.54, 1.807) is 0 Å². The average Bonchev–Trinajstić information content (AvgIpc) is 3.05. The van der Waals surface area contributed by atoms with E-state index in [9.17, 15) is 5.11 Å². The van der Waals surface area contributed by atoms with Crippen LogP contribution in [-0.4, -0.2) is 39.4 Å². The number of hydrogen-bond acceptors (Lipinski definition) is 2. The molecule has 2 aliphatic carbocycles. The summed E-state index contributed by atoms with van der Waals surface area (Å²) in [4.78, 5) is 2.36. The summed E-state index contributed by atoms with van der Waals surface area (Å²) in [6.07, 6.45) is 3.09. The van der Waals surface area contributed by atoms with Crippen molar-refractivity contribution in [2.75, 3.05) is 13.1 Å². The fraction of sp³-hybridized carbons (Fsp3) is 0.667. The Morgan fingerprint density at radius 1 is 1.41 bits per heavy atom. The van der Waals surface area contributed by atoms with E-state index in [4.69, 9.17) is 23.2 Å². The summed E-state index contributed by atoms with van der Waals surface area (Å²) in [6, 6.07) is 6.42. The molecule has 22 heavy (non-hydrogen) atoms. The quantitative estimate of drug-likeness (QED) is 0.826. The number of phenols is 1. The summed E-state index contributed by atoms with van der Waals surface area (Å²) < 4.78 is 0. The first-order chi connectivity index (χ1) is 10.3. The van der Waals surface area contributed by atoms with E-state index < -0.39 is 0 Å². The van der Waals surface area contributed by atoms with E-state index in [1.807, 2.05) is 12.1 Å². The number of halogens is 2. The van der Waals surface area contributed by atoms with E-state index in [0.29, 0.717) is 17.7 Å². The van der Waals surface area contributed by atoms with Gasteiger partial charge in [0.2, 0.25) is 0 Å². The minimum atomic E-state index is -0.204. The smallest absolute Gasteiger partial charge is 0.115 e. The fourth-order valence-electron chi connectivity index (χ4n) is 4.63. The number of benzene rings is 1. The molecule has 0 aromatic heterocycles. The Morgan fingerprint density at radius 3 is 2.82 bits per heavy atom. The van der Waals surface area contributed by atoms with Gasteiger partial charge in [0.15, 0.2) is 0 Å². The second-order valence-corrected chi connectivity index (χ2v) is 9.03. The van der Waals surface area contributed by atoms with Crippen LogP contribution in [-0.2, 0) is 11.8 Å². The van der Waals surface area contributed by atoms with Crippen LogP contribution >= 0.6 is 23.2 Å². The lowest BCUT2D eigenvalue weighted by Crippen LogP contribution is -2.59. The molecule has 2 bridgehead atoms. The Morgan fingerprint density at radius 2 is 2.14 bits per heavy atom. The van der Waals surface area contributed by atoms with E-state index in [1.165, 1.54) is 11.1 Å². The molecule has 0 spiro atoms. The van der Waals surface area contributed by atoms with Gasteiger partial charge >= 0.3 is 0 Å². The molecular weight excluding hydrogens is 317 g/mol. The van der Waals surface area contributed by atoms with Crippen LogP contribution < -0.4 is 0 Å². The van der Waals surface area contributed by atoms with Crippen molar-refractivity contribution in [3.63, 3.8) is 0 Å². The second kappa shape index (κ2) is 4.78. The van der Waals surface area contributed by atoms with Gasteiger partial charge < -0.3 is 5.11 Å². The highest BCUT2D eigenvalue weighted by Gasteiger charge is 2.56. The molecular formula is C18H23Cl2NO. The highest BCUT2D eigenvalue weighted by Crippen LogP contribution is 2.52. The van der Waals surface area contributed by atoms with Crippen LogP contribution in [0, 0.1) is 5.92 Å². The normalized spacial score (nSPS) is 43.7. The maximum absolute atomic E-state index is 9.89. The van der Waals surface area contributed by atoms with Crippen LogP contribution in [0.1, 0.15) is 37.8 Å². The zero-order chi connectivity index (χ0) is 15.7. The number of phenolic OH excluding ortho intramolecular Hbond substituents is 1. The van der Waals surface area contributed by atoms with Crippen LogP contribution in [0.5, 0.6) is 5.75 Å². The van der Waals surface area contributed by atoms with Crippen molar-refractivity contribution in [2.45, 2.75) is 54.8 Å². The number of aromatic hydroxyl groups is 1. The Hall–Kier alpha value is -0.440. The minimum Gasteiger partial charge on any atom is -0.508 e. The lowest BCUT2D eigenvalue weighted by molar-refractivity contribution is 0.0302. The van der Waals surface area contributed by atoms with Gasteiger partial charge in [-0.2, -0.15) is 0 Å². The molecule has 3 aliphatic rings. The molecule has 4 heteroatoms. The molecule has 5 atom stereocenters. The Balaban J connectivity index is 1.67.